The number of carbonyl (C=O) groups is 1. The quantitative estimate of drug-likeness (QED) is 0.880. The minimum atomic E-state index is -1.13. The average molecular weight is 338 g/mol. The maximum atomic E-state index is 13.3. The Hall–Kier alpha value is -1.86. The number of benzene rings is 1. The Kier molecular flexibility index (Phi) is 4.41. The Balaban J connectivity index is 1.70. The van der Waals surface area contributed by atoms with E-state index in [-0.39, 0.29) is 11.5 Å². The molecule has 2 aromatic rings. The highest BCUT2D eigenvalue weighted by molar-refractivity contribution is 7.11. The summed E-state index contributed by atoms with van der Waals surface area (Å²) in [4.78, 5) is 17.1. The van der Waals surface area contributed by atoms with Crippen LogP contribution in [0.1, 0.15) is 52.7 Å². The number of thiazole rings is 1. The lowest BCUT2D eigenvalue weighted by Gasteiger charge is -2.20. The number of nitrogens with zero attached hydrogens (tertiary/aromatic N) is 1. The predicted molar refractivity (Wildman–Crippen MR) is 82.3 cm³/mol. The molecule has 0 spiro atoms. The van der Waals surface area contributed by atoms with Crippen molar-refractivity contribution in [3.05, 3.63) is 51.5 Å². The zero-order valence-electron chi connectivity index (χ0n) is 12.4. The van der Waals surface area contributed by atoms with Crippen molar-refractivity contribution < 1.29 is 18.7 Å². The molecule has 4 nitrogen and oxygen atoms in total. The predicted octanol–water partition coefficient (Wildman–Crippen LogP) is 3.15. The molecule has 7 heteroatoms. The van der Waals surface area contributed by atoms with Crippen LogP contribution < -0.4 is 5.32 Å². The minimum absolute atomic E-state index is 0.212. The second-order valence-electron chi connectivity index (χ2n) is 5.72. The van der Waals surface area contributed by atoms with Crippen molar-refractivity contribution in [2.24, 2.45) is 0 Å². The lowest BCUT2D eigenvalue weighted by atomic mass is 10.0. The first-order valence-electron chi connectivity index (χ1n) is 7.34. The number of carbonyl (C=O) groups excluding carboxylic acids is 1. The van der Waals surface area contributed by atoms with Crippen LogP contribution in [0.2, 0.25) is 0 Å². The van der Waals surface area contributed by atoms with E-state index in [1.165, 1.54) is 17.4 Å². The highest BCUT2D eigenvalue weighted by Crippen LogP contribution is 2.41. The van der Waals surface area contributed by atoms with Gasteiger partial charge in [0.15, 0.2) is 11.6 Å². The van der Waals surface area contributed by atoms with Crippen LogP contribution in [0.25, 0.3) is 0 Å². The molecule has 2 atom stereocenters. The Bertz CT molecular complexity index is 731. The number of hydrogen-bond acceptors (Lipinski definition) is 4. The van der Waals surface area contributed by atoms with Gasteiger partial charge in [-0.2, -0.15) is 0 Å². The van der Waals surface area contributed by atoms with E-state index in [0.29, 0.717) is 10.8 Å². The lowest BCUT2D eigenvalue weighted by molar-refractivity contribution is 0.0854. The summed E-state index contributed by atoms with van der Waals surface area (Å²) >= 11 is 1.27. The van der Waals surface area contributed by atoms with Gasteiger partial charge in [0, 0.05) is 5.92 Å². The first-order chi connectivity index (χ1) is 11.0. The van der Waals surface area contributed by atoms with Gasteiger partial charge in [-0.05, 0) is 37.5 Å². The summed E-state index contributed by atoms with van der Waals surface area (Å²) < 4.78 is 26.2. The van der Waals surface area contributed by atoms with E-state index in [1.807, 2.05) is 0 Å². The van der Waals surface area contributed by atoms with Crippen LogP contribution in [0.15, 0.2) is 23.7 Å². The zero-order valence-corrected chi connectivity index (χ0v) is 13.2. The summed E-state index contributed by atoms with van der Waals surface area (Å²) in [6.07, 6.45) is 0.944. The second-order valence-corrected chi connectivity index (χ2v) is 6.58. The number of aliphatic hydroxyl groups excluding tert-OH is 1. The molecule has 1 aromatic heterocycles. The summed E-state index contributed by atoms with van der Waals surface area (Å²) in [5.41, 5.74) is 2.66. The fourth-order valence-electron chi connectivity index (χ4n) is 2.41. The average Bonchev–Trinajstić information content (AvgIpc) is 3.25. The van der Waals surface area contributed by atoms with Gasteiger partial charge in [0.1, 0.15) is 4.88 Å². The molecule has 1 heterocycles. The van der Waals surface area contributed by atoms with Crippen LogP contribution in [-0.4, -0.2) is 22.0 Å². The van der Waals surface area contributed by atoms with Gasteiger partial charge in [-0.1, -0.05) is 6.07 Å². The molecule has 0 aliphatic heterocycles. The summed E-state index contributed by atoms with van der Waals surface area (Å²) in [6.45, 7) is 1.61. The molecule has 122 valence electrons. The van der Waals surface area contributed by atoms with E-state index in [0.717, 1.165) is 30.7 Å². The molecule has 1 aliphatic rings. The van der Waals surface area contributed by atoms with E-state index in [1.54, 1.807) is 12.4 Å². The Morgan fingerprint density at radius 3 is 2.78 bits per heavy atom. The molecule has 2 unspecified atom stereocenters. The van der Waals surface area contributed by atoms with E-state index in [2.05, 4.69) is 10.3 Å². The monoisotopic (exact) mass is 338 g/mol. The van der Waals surface area contributed by atoms with Gasteiger partial charge in [-0.3, -0.25) is 4.79 Å². The molecule has 1 aliphatic carbocycles. The number of nitrogens with one attached hydrogen (secondary N) is 1. The summed E-state index contributed by atoms with van der Waals surface area (Å²) in [5.74, 6) is -1.95. The topological polar surface area (TPSA) is 62.2 Å². The maximum absolute atomic E-state index is 13.3. The normalized spacial score (nSPS) is 16.9. The molecule has 0 radical (unpaired) electrons. The minimum Gasteiger partial charge on any atom is -0.386 e. The molecule has 0 bridgehead atoms. The van der Waals surface area contributed by atoms with Crippen molar-refractivity contribution in [1.29, 1.82) is 0 Å². The van der Waals surface area contributed by atoms with Gasteiger partial charge in [0.05, 0.1) is 23.4 Å². The van der Waals surface area contributed by atoms with Crippen LogP contribution in [-0.2, 0) is 0 Å². The zero-order chi connectivity index (χ0) is 16.6. The Morgan fingerprint density at radius 1 is 1.39 bits per heavy atom. The van der Waals surface area contributed by atoms with E-state index in [4.69, 9.17) is 0 Å². The summed E-state index contributed by atoms with van der Waals surface area (Å²) in [5, 5.41) is 12.9. The standard InChI is InChI=1S/C16H16F2N2O2S/c1-8(14(21)10-4-5-11(17)12(18)6-10)20-16(22)15-13(9-2-3-9)19-7-23-15/h4-9,14,21H,2-3H2,1H3,(H,20,22). The molecular formula is C16H16F2N2O2S. The van der Waals surface area contributed by atoms with Crippen molar-refractivity contribution >= 4 is 17.2 Å². The maximum Gasteiger partial charge on any atom is 0.263 e. The largest absolute Gasteiger partial charge is 0.386 e. The molecule has 1 amide bonds. The van der Waals surface area contributed by atoms with Crippen molar-refractivity contribution in [2.75, 3.05) is 0 Å². The van der Waals surface area contributed by atoms with E-state index < -0.39 is 23.8 Å². The Labute approximate surface area is 136 Å². The SMILES string of the molecule is CC(NC(=O)c1scnc1C1CC1)C(O)c1ccc(F)c(F)c1. The van der Waals surface area contributed by atoms with Crippen LogP contribution >= 0.6 is 11.3 Å². The van der Waals surface area contributed by atoms with Gasteiger partial charge in [-0.25, -0.2) is 13.8 Å². The molecule has 23 heavy (non-hydrogen) atoms. The molecule has 1 fully saturated rings. The van der Waals surface area contributed by atoms with E-state index in [9.17, 15) is 18.7 Å². The van der Waals surface area contributed by atoms with Crippen LogP contribution in [0.5, 0.6) is 0 Å². The van der Waals surface area contributed by atoms with Gasteiger partial charge in [-0.15, -0.1) is 11.3 Å². The molecule has 2 N–H and O–H groups in total. The van der Waals surface area contributed by atoms with Gasteiger partial charge in [0.2, 0.25) is 0 Å². The van der Waals surface area contributed by atoms with Crippen molar-refractivity contribution in [3.8, 4) is 0 Å². The smallest absolute Gasteiger partial charge is 0.263 e. The first-order valence-corrected chi connectivity index (χ1v) is 8.22. The molecule has 1 aromatic carbocycles. The van der Waals surface area contributed by atoms with Crippen LogP contribution in [0.3, 0.4) is 0 Å². The van der Waals surface area contributed by atoms with Crippen molar-refractivity contribution in [3.63, 3.8) is 0 Å². The van der Waals surface area contributed by atoms with Crippen molar-refractivity contribution in [2.45, 2.75) is 37.8 Å². The van der Waals surface area contributed by atoms with Gasteiger partial charge < -0.3 is 10.4 Å². The van der Waals surface area contributed by atoms with Crippen molar-refractivity contribution in [1.82, 2.24) is 10.3 Å². The number of hydrogen-bond donors (Lipinski definition) is 2. The van der Waals surface area contributed by atoms with E-state index >= 15 is 0 Å². The first kappa shape index (κ1) is 16.0. The molecule has 3 rings (SSSR count). The molecule has 1 saturated carbocycles. The highest BCUT2D eigenvalue weighted by atomic mass is 32.1. The summed E-state index contributed by atoms with van der Waals surface area (Å²) in [6, 6.07) is 2.54. The van der Waals surface area contributed by atoms with Crippen LogP contribution in [0.4, 0.5) is 8.78 Å². The third kappa shape index (κ3) is 3.40. The second kappa shape index (κ2) is 6.33. The third-order valence-electron chi connectivity index (χ3n) is 3.88. The number of rotatable bonds is 5. The third-order valence-corrected chi connectivity index (χ3v) is 4.72. The highest BCUT2D eigenvalue weighted by Gasteiger charge is 2.31. The summed E-state index contributed by atoms with van der Waals surface area (Å²) in [7, 11) is 0. The molecule has 0 saturated heterocycles. The fourth-order valence-corrected chi connectivity index (χ4v) is 3.19. The van der Waals surface area contributed by atoms with Crippen LogP contribution in [0, 0.1) is 11.6 Å². The van der Waals surface area contributed by atoms with Gasteiger partial charge >= 0.3 is 0 Å². The van der Waals surface area contributed by atoms with Gasteiger partial charge in [0.25, 0.3) is 5.91 Å². The fraction of sp³-hybridized carbons (Fsp3) is 0.375. The number of amides is 1. The molecular weight excluding hydrogens is 322 g/mol. The lowest BCUT2D eigenvalue weighted by Crippen LogP contribution is -2.37. The Morgan fingerprint density at radius 2 is 2.13 bits per heavy atom. The number of aromatic nitrogens is 1. The number of aliphatic hydroxyl groups is 1. The number of halogens is 2.